The number of anilines is 3. The van der Waals surface area contributed by atoms with Crippen molar-refractivity contribution in [3.05, 3.63) is 102 Å². The number of hydrogen-bond acceptors (Lipinski definition) is 6. The fraction of sp³-hybridized carbons (Fsp3) is 0.0400. The van der Waals surface area contributed by atoms with Crippen LogP contribution in [0.4, 0.5) is 17.2 Å². The van der Waals surface area contributed by atoms with Gasteiger partial charge in [-0.2, -0.15) is 0 Å². The van der Waals surface area contributed by atoms with E-state index in [0.717, 1.165) is 17.1 Å². The van der Waals surface area contributed by atoms with Crippen molar-refractivity contribution >= 4 is 34.4 Å². The summed E-state index contributed by atoms with van der Waals surface area (Å²) in [7, 11) is 0. The van der Waals surface area contributed by atoms with E-state index in [2.05, 4.69) is 31.7 Å². The molecule has 0 radical (unpaired) electrons. The predicted molar refractivity (Wildman–Crippen MR) is 131 cm³/mol. The van der Waals surface area contributed by atoms with E-state index in [4.69, 9.17) is 0 Å². The largest absolute Gasteiger partial charge is 0.340 e. The van der Waals surface area contributed by atoms with E-state index < -0.39 is 0 Å². The van der Waals surface area contributed by atoms with E-state index in [1.54, 1.807) is 23.9 Å². The summed E-state index contributed by atoms with van der Waals surface area (Å²) in [5, 5.41) is 8.26. The molecule has 0 atom stereocenters. The summed E-state index contributed by atoms with van der Waals surface area (Å²) < 4.78 is 1.82. The Labute approximate surface area is 194 Å². The third-order valence-electron chi connectivity index (χ3n) is 4.96. The average Bonchev–Trinajstić information content (AvgIpc) is 3.55. The molecule has 7 nitrogen and oxygen atoms in total. The summed E-state index contributed by atoms with van der Waals surface area (Å²) in [6.45, 7) is 1.84. The predicted octanol–water partition coefficient (Wildman–Crippen LogP) is 5.70. The number of nitrogens with zero attached hydrogens (tertiary/aromatic N) is 4. The van der Waals surface area contributed by atoms with Crippen LogP contribution in [0.15, 0.2) is 90.8 Å². The van der Waals surface area contributed by atoms with Gasteiger partial charge >= 0.3 is 0 Å². The van der Waals surface area contributed by atoms with Crippen LogP contribution in [-0.4, -0.2) is 25.4 Å². The average molecular weight is 453 g/mol. The molecular formula is C25H20N6OS. The van der Waals surface area contributed by atoms with Crippen LogP contribution in [0.1, 0.15) is 16.2 Å². The molecule has 0 saturated heterocycles. The second kappa shape index (κ2) is 9.05. The third kappa shape index (κ3) is 4.81. The highest BCUT2D eigenvalue weighted by molar-refractivity contribution is 7.13. The van der Waals surface area contributed by atoms with Crippen molar-refractivity contribution < 1.29 is 4.79 Å². The third-order valence-corrected chi connectivity index (χ3v) is 5.88. The molecule has 1 amide bonds. The van der Waals surface area contributed by atoms with E-state index in [9.17, 15) is 4.79 Å². The number of imidazole rings is 1. The molecule has 0 aliphatic heterocycles. The normalized spacial score (nSPS) is 10.7. The number of thiophene rings is 1. The summed E-state index contributed by atoms with van der Waals surface area (Å²) >= 11 is 1.68. The zero-order chi connectivity index (χ0) is 22.6. The second-order valence-electron chi connectivity index (χ2n) is 7.34. The highest BCUT2D eigenvalue weighted by atomic mass is 32.1. The molecule has 0 fully saturated rings. The fourth-order valence-corrected chi connectivity index (χ4v) is 4.09. The second-order valence-corrected chi connectivity index (χ2v) is 8.29. The molecule has 0 spiro atoms. The van der Waals surface area contributed by atoms with Gasteiger partial charge in [-0.15, -0.1) is 11.3 Å². The molecule has 5 rings (SSSR count). The number of hydrogen-bond donors (Lipinski definition) is 2. The zero-order valence-corrected chi connectivity index (χ0v) is 18.6. The van der Waals surface area contributed by atoms with Crippen molar-refractivity contribution in [3.8, 4) is 16.3 Å². The maximum absolute atomic E-state index is 12.6. The van der Waals surface area contributed by atoms with Crippen LogP contribution in [0.3, 0.4) is 0 Å². The number of amides is 1. The van der Waals surface area contributed by atoms with Crippen molar-refractivity contribution in [2.75, 3.05) is 10.6 Å². The molecule has 3 heterocycles. The fourth-order valence-electron chi connectivity index (χ4n) is 3.36. The minimum absolute atomic E-state index is 0.148. The summed E-state index contributed by atoms with van der Waals surface area (Å²) in [5.74, 6) is 1.91. The lowest BCUT2D eigenvalue weighted by Crippen LogP contribution is -2.11. The first-order chi connectivity index (χ1) is 16.1. The summed E-state index contributed by atoms with van der Waals surface area (Å²) in [6.07, 6.45) is 5.23. The Hall–Kier alpha value is -4.30. The highest BCUT2D eigenvalue weighted by Gasteiger charge is 2.08. The molecule has 5 aromatic rings. The van der Waals surface area contributed by atoms with Crippen LogP contribution in [0.25, 0.3) is 16.3 Å². The van der Waals surface area contributed by atoms with Crippen molar-refractivity contribution in [2.45, 2.75) is 6.92 Å². The quantitative estimate of drug-likeness (QED) is 0.345. The SMILES string of the molecule is Cc1nc(Nc2ccc(NC(=O)c3ccc(-c4cccs4)cc3)cc2)cc(-n2ccnc2)n1. The van der Waals surface area contributed by atoms with Crippen molar-refractivity contribution in [1.29, 1.82) is 0 Å². The summed E-state index contributed by atoms with van der Waals surface area (Å²) in [6, 6.07) is 21.0. The Morgan fingerprint density at radius 2 is 1.76 bits per heavy atom. The van der Waals surface area contributed by atoms with Gasteiger partial charge in [-0.3, -0.25) is 9.36 Å². The van der Waals surface area contributed by atoms with Gasteiger partial charge in [0.05, 0.1) is 0 Å². The van der Waals surface area contributed by atoms with Gasteiger partial charge in [-0.1, -0.05) is 18.2 Å². The van der Waals surface area contributed by atoms with Crippen molar-refractivity contribution in [2.24, 2.45) is 0 Å². The number of aromatic nitrogens is 4. The Balaban J connectivity index is 1.25. The van der Waals surface area contributed by atoms with Crippen molar-refractivity contribution in [1.82, 2.24) is 19.5 Å². The molecular weight excluding hydrogens is 432 g/mol. The van der Waals surface area contributed by atoms with Gasteiger partial charge in [0.25, 0.3) is 5.91 Å². The maximum Gasteiger partial charge on any atom is 0.255 e. The number of aryl methyl sites for hydroxylation is 1. The minimum atomic E-state index is -0.148. The topological polar surface area (TPSA) is 84.7 Å². The number of carbonyl (C=O) groups is 1. The van der Waals surface area contributed by atoms with Gasteiger partial charge < -0.3 is 10.6 Å². The molecule has 0 bridgehead atoms. The first-order valence-corrected chi connectivity index (χ1v) is 11.2. The minimum Gasteiger partial charge on any atom is -0.340 e. The lowest BCUT2D eigenvalue weighted by Gasteiger charge is -2.10. The molecule has 2 aromatic carbocycles. The summed E-state index contributed by atoms with van der Waals surface area (Å²) in [5.41, 5.74) is 3.28. The lowest BCUT2D eigenvalue weighted by atomic mass is 10.1. The number of rotatable bonds is 6. The van der Waals surface area contributed by atoms with Gasteiger partial charge in [0.15, 0.2) is 0 Å². The molecule has 33 heavy (non-hydrogen) atoms. The molecule has 2 N–H and O–H groups in total. The number of benzene rings is 2. The van der Waals surface area contributed by atoms with Crippen LogP contribution in [0.2, 0.25) is 0 Å². The van der Waals surface area contributed by atoms with E-state index in [1.807, 2.05) is 83.7 Å². The molecule has 3 aromatic heterocycles. The van der Waals surface area contributed by atoms with E-state index in [0.29, 0.717) is 22.9 Å². The van der Waals surface area contributed by atoms with E-state index in [-0.39, 0.29) is 5.91 Å². The molecule has 8 heteroatoms. The Bertz CT molecular complexity index is 1360. The van der Waals surface area contributed by atoms with Crippen LogP contribution in [0.5, 0.6) is 0 Å². The van der Waals surface area contributed by atoms with Crippen LogP contribution in [-0.2, 0) is 0 Å². The molecule has 162 valence electrons. The van der Waals surface area contributed by atoms with Crippen molar-refractivity contribution in [3.63, 3.8) is 0 Å². The first kappa shape index (κ1) is 20.6. The van der Waals surface area contributed by atoms with Gasteiger partial charge in [-0.25, -0.2) is 15.0 Å². The molecule has 0 unspecified atom stereocenters. The Morgan fingerprint density at radius 3 is 2.45 bits per heavy atom. The molecule has 0 aliphatic carbocycles. The smallest absolute Gasteiger partial charge is 0.255 e. The summed E-state index contributed by atoms with van der Waals surface area (Å²) in [4.78, 5) is 26.8. The molecule has 0 aliphatic rings. The van der Waals surface area contributed by atoms with E-state index in [1.165, 1.54) is 4.88 Å². The first-order valence-electron chi connectivity index (χ1n) is 10.3. The number of nitrogens with one attached hydrogen (secondary N) is 2. The maximum atomic E-state index is 12.6. The van der Waals surface area contributed by atoms with Crippen LogP contribution in [0, 0.1) is 6.92 Å². The number of carbonyl (C=O) groups excluding carboxylic acids is 1. The Morgan fingerprint density at radius 1 is 0.970 bits per heavy atom. The van der Waals surface area contributed by atoms with Gasteiger partial charge in [0.1, 0.15) is 23.8 Å². The van der Waals surface area contributed by atoms with Crippen LogP contribution < -0.4 is 10.6 Å². The standard InChI is InChI=1S/C25H20N6OS/c1-17-27-23(15-24(28-17)31-13-12-26-16-31)29-20-8-10-21(11-9-20)30-25(32)19-6-4-18(5-7-19)22-3-2-14-33-22/h2-16H,1H3,(H,30,32)(H,27,28,29). The van der Waals surface area contributed by atoms with E-state index >= 15 is 0 Å². The van der Waals surface area contributed by atoms with Crippen LogP contribution >= 0.6 is 11.3 Å². The molecule has 0 saturated carbocycles. The zero-order valence-electron chi connectivity index (χ0n) is 17.8. The highest BCUT2D eigenvalue weighted by Crippen LogP contribution is 2.25. The monoisotopic (exact) mass is 452 g/mol. The van der Waals surface area contributed by atoms with Gasteiger partial charge in [-0.05, 0) is 60.3 Å². The lowest BCUT2D eigenvalue weighted by molar-refractivity contribution is 0.102. The van der Waals surface area contributed by atoms with Gasteiger partial charge in [0.2, 0.25) is 0 Å². The van der Waals surface area contributed by atoms with Gasteiger partial charge in [0, 0.05) is 40.3 Å². The Kier molecular flexibility index (Phi) is 5.65.